The minimum absolute atomic E-state index is 0.0966. The predicted octanol–water partition coefficient (Wildman–Crippen LogP) is 3.86. The average molecular weight is 469 g/mol. The number of benzene rings is 1. The van der Waals surface area contributed by atoms with E-state index in [4.69, 9.17) is 0 Å². The topological polar surface area (TPSA) is 81.8 Å². The highest BCUT2D eigenvalue weighted by Gasteiger charge is 2.53. The number of imide groups is 1. The molecule has 2 saturated heterocycles. The molecule has 7 nitrogen and oxygen atoms in total. The van der Waals surface area contributed by atoms with Gasteiger partial charge in [0.2, 0.25) is 5.91 Å². The lowest BCUT2D eigenvalue weighted by molar-refractivity contribution is -0.136. The number of nitrogens with one attached hydrogen (secondary N) is 2. The molecule has 4 rings (SSSR count). The number of hydrogen-bond acceptors (Lipinski definition) is 4. The van der Waals surface area contributed by atoms with Gasteiger partial charge >= 0.3 is 6.03 Å². The molecule has 0 aromatic heterocycles. The van der Waals surface area contributed by atoms with Gasteiger partial charge in [0.05, 0.1) is 6.04 Å². The van der Waals surface area contributed by atoms with Crippen LogP contribution in [-0.2, 0) is 9.59 Å². The lowest BCUT2D eigenvalue weighted by Gasteiger charge is -2.42. The van der Waals surface area contributed by atoms with Crippen molar-refractivity contribution in [1.82, 2.24) is 20.4 Å². The molecule has 1 spiro atoms. The second-order valence-corrected chi connectivity index (χ2v) is 11.0. The van der Waals surface area contributed by atoms with Gasteiger partial charge in [0.15, 0.2) is 0 Å². The number of hydrogen-bond donors (Lipinski definition) is 2. The van der Waals surface area contributed by atoms with Gasteiger partial charge in [-0.1, -0.05) is 57.5 Å². The van der Waals surface area contributed by atoms with Crippen molar-refractivity contribution in [2.24, 2.45) is 11.3 Å². The SMILES string of the molecule is CCC(C)(C)C1CCC2(CC1)NC(=O)N(CC(=O)NCC(c1ccccc1)N1CCCC1)C2=O. The van der Waals surface area contributed by atoms with E-state index in [-0.39, 0.29) is 29.8 Å². The molecule has 1 saturated carbocycles. The summed E-state index contributed by atoms with van der Waals surface area (Å²) in [5.74, 6) is 0.0201. The molecule has 0 radical (unpaired) electrons. The van der Waals surface area contributed by atoms with Crippen LogP contribution in [-0.4, -0.2) is 59.4 Å². The Morgan fingerprint density at radius 3 is 2.41 bits per heavy atom. The Morgan fingerprint density at radius 1 is 1.15 bits per heavy atom. The predicted molar refractivity (Wildman–Crippen MR) is 132 cm³/mol. The maximum absolute atomic E-state index is 13.3. The highest BCUT2D eigenvalue weighted by atomic mass is 16.2. The third-order valence-corrected chi connectivity index (χ3v) is 8.66. The fourth-order valence-corrected chi connectivity index (χ4v) is 5.94. The van der Waals surface area contributed by atoms with Gasteiger partial charge in [0, 0.05) is 6.54 Å². The third-order valence-electron chi connectivity index (χ3n) is 8.66. The number of rotatable bonds is 8. The van der Waals surface area contributed by atoms with Gasteiger partial charge < -0.3 is 10.6 Å². The van der Waals surface area contributed by atoms with E-state index in [1.165, 1.54) is 5.56 Å². The van der Waals surface area contributed by atoms with E-state index < -0.39 is 11.6 Å². The second kappa shape index (κ2) is 10.1. The van der Waals surface area contributed by atoms with Crippen molar-refractivity contribution in [2.45, 2.75) is 77.3 Å². The fourth-order valence-electron chi connectivity index (χ4n) is 5.94. The summed E-state index contributed by atoms with van der Waals surface area (Å²) in [5, 5.41) is 5.95. The summed E-state index contributed by atoms with van der Waals surface area (Å²) >= 11 is 0. The highest BCUT2D eigenvalue weighted by molar-refractivity contribution is 6.09. The smallest absolute Gasteiger partial charge is 0.325 e. The van der Waals surface area contributed by atoms with E-state index in [1.54, 1.807) is 0 Å². The van der Waals surface area contributed by atoms with Crippen LogP contribution in [0.25, 0.3) is 0 Å². The molecule has 1 aromatic carbocycles. The van der Waals surface area contributed by atoms with Crippen molar-refractivity contribution in [2.75, 3.05) is 26.2 Å². The van der Waals surface area contributed by atoms with E-state index in [0.29, 0.717) is 25.3 Å². The molecule has 4 amide bonds. The van der Waals surface area contributed by atoms with Crippen molar-refractivity contribution in [1.29, 1.82) is 0 Å². The monoisotopic (exact) mass is 468 g/mol. The lowest BCUT2D eigenvalue weighted by atomic mass is 9.65. The molecule has 0 bridgehead atoms. The number of urea groups is 1. The molecule has 186 valence electrons. The van der Waals surface area contributed by atoms with Crippen LogP contribution < -0.4 is 10.6 Å². The summed E-state index contributed by atoms with van der Waals surface area (Å²) in [6.07, 6.45) is 6.56. The van der Waals surface area contributed by atoms with Gasteiger partial charge in [0.1, 0.15) is 12.1 Å². The molecule has 2 N–H and O–H groups in total. The fraction of sp³-hybridized carbons (Fsp3) is 0.667. The van der Waals surface area contributed by atoms with E-state index in [0.717, 1.165) is 50.1 Å². The number of likely N-dealkylation sites (tertiary alicyclic amines) is 1. The molecule has 3 fully saturated rings. The molecule has 1 atom stereocenters. The molecule has 2 heterocycles. The molecule has 34 heavy (non-hydrogen) atoms. The van der Waals surface area contributed by atoms with Crippen LogP contribution in [0.3, 0.4) is 0 Å². The minimum atomic E-state index is -0.834. The summed E-state index contributed by atoms with van der Waals surface area (Å²) in [6, 6.07) is 9.87. The molecular formula is C27H40N4O3. The van der Waals surface area contributed by atoms with Crippen LogP contribution >= 0.6 is 0 Å². The average Bonchev–Trinajstić information content (AvgIpc) is 3.44. The Kier molecular flexibility index (Phi) is 7.31. The molecule has 3 aliphatic rings. The maximum Gasteiger partial charge on any atom is 0.325 e. The zero-order chi connectivity index (χ0) is 24.3. The van der Waals surface area contributed by atoms with Crippen LogP contribution in [0.4, 0.5) is 4.79 Å². The van der Waals surface area contributed by atoms with Gasteiger partial charge in [-0.2, -0.15) is 0 Å². The molecule has 1 aliphatic carbocycles. The van der Waals surface area contributed by atoms with Gasteiger partial charge in [-0.3, -0.25) is 19.4 Å². The van der Waals surface area contributed by atoms with E-state index >= 15 is 0 Å². The number of amides is 4. The van der Waals surface area contributed by atoms with Gasteiger partial charge in [-0.05, 0) is 68.5 Å². The summed E-state index contributed by atoms with van der Waals surface area (Å²) in [6.45, 7) is 9.04. The maximum atomic E-state index is 13.3. The van der Waals surface area contributed by atoms with Crippen LogP contribution in [0, 0.1) is 11.3 Å². The van der Waals surface area contributed by atoms with Gasteiger partial charge in [-0.15, -0.1) is 0 Å². The van der Waals surface area contributed by atoms with Gasteiger partial charge in [-0.25, -0.2) is 4.79 Å². The van der Waals surface area contributed by atoms with Crippen LogP contribution in [0.2, 0.25) is 0 Å². The standard InChI is InChI=1S/C27H40N4O3/c1-4-26(2,3)21-12-14-27(15-13-21)24(33)31(25(34)29-27)19-23(32)28-18-22(30-16-8-9-17-30)20-10-6-5-7-11-20/h5-7,10-11,21-22H,4,8-9,12-19H2,1-3H3,(H,28,32)(H,29,34). The molecule has 1 unspecified atom stereocenters. The molecule has 2 aliphatic heterocycles. The van der Waals surface area contributed by atoms with Crippen molar-refractivity contribution in [3.05, 3.63) is 35.9 Å². The largest absolute Gasteiger partial charge is 0.353 e. The number of carbonyl (C=O) groups excluding carboxylic acids is 3. The Morgan fingerprint density at radius 2 is 1.79 bits per heavy atom. The molecular weight excluding hydrogens is 428 g/mol. The van der Waals surface area contributed by atoms with E-state index in [2.05, 4.69) is 48.4 Å². The molecule has 1 aromatic rings. The van der Waals surface area contributed by atoms with Crippen LogP contribution in [0.5, 0.6) is 0 Å². The van der Waals surface area contributed by atoms with E-state index in [1.807, 2.05) is 18.2 Å². The van der Waals surface area contributed by atoms with E-state index in [9.17, 15) is 14.4 Å². The first-order valence-corrected chi connectivity index (χ1v) is 13.0. The first-order valence-electron chi connectivity index (χ1n) is 13.0. The highest BCUT2D eigenvalue weighted by Crippen LogP contribution is 2.45. The van der Waals surface area contributed by atoms with Crippen molar-refractivity contribution < 1.29 is 14.4 Å². The Balaban J connectivity index is 1.35. The number of carbonyl (C=O) groups is 3. The normalized spacial score (nSPS) is 26.7. The zero-order valence-corrected chi connectivity index (χ0v) is 20.9. The van der Waals surface area contributed by atoms with Crippen molar-refractivity contribution >= 4 is 17.8 Å². The Hall–Kier alpha value is -2.41. The summed E-state index contributed by atoms with van der Waals surface area (Å²) in [7, 11) is 0. The summed E-state index contributed by atoms with van der Waals surface area (Å²) < 4.78 is 0. The van der Waals surface area contributed by atoms with Gasteiger partial charge in [0.25, 0.3) is 5.91 Å². The summed E-state index contributed by atoms with van der Waals surface area (Å²) in [4.78, 5) is 42.3. The van der Waals surface area contributed by atoms with Crippen molar-refractivity contribution in [3.63, 3.8) is 0 Å². The van der Waals surface area contributed by atoms with Crippen LogP contribution in [0.15, 0.2) is 30.3 Å². The summed E-state index contributed by atoms with van der Waals surface area (Å²) in [5.41, 5.74) is 0.572. The first-order chi connectivity index (χ1) is 16.3. The Bertz CT molecular complexity index is 886. The molecule has 7 heteroatoms. The zero-order valence-electron chi connectivity index (χ0n) is 20.9. The minimum Gasteiger partial charge on any atom is -0.353 e. The quantitative estimate of drug-likeness (QED) is 0.568. The Labute approximate surface area is 203 Å². The second-order valence-electron chi connectivity index (χ2n) is 11.0. The lowest BCUT2D eigenvalue weighted by Crippen LogP contribution is -2.51. The van der Waals surface area contributed by atoms with Crippen molar-refractivity contribution in [3.8, 4) is 0 Å². The number of nitrogens with zero attached hydrogens (tertiary/aromatic N) is 2. The third kappa shape index (κ3) is 4.99. The first kappa shape index (κ1) is 24.7. The van der Waals surface area contributed by atoms with Crippen LogP contribution in [0.1, 0.15) is 77.3 Å².